The molecule has 2 nitrogen and oxygen atoms in total. The van der Waals surface area contributed by atoms with E-state index >= 15 is 0 Å². The molecular formula is C9H18BF3NO-. The van der Waals surface area contributed by atoms with Crippen LogP contribution in [0.3, 0.4) is 0 Å². The Morgan fingerprint density at radius 2 is 1.47 bits per heavy atom. The monoisotopic (exact) mass is 224 g/mol. The maximum atomic E-state index is 12.3. The average Bonchev–Trinajstić information content (AvgIpc) is 1.70. The highest BCUT2D eigenvalue weighted by Gasteiger charge is 2.40. The maximum absolute atomic E-state index is 12.3. The van der Waals surface area contributed by atoms with Gasteiger partial charge in [-0.3, -0.25) is 0 Å². The molecule has 1 aliphatic heterocycles. The lowest BCUT2D eigenvalue weighted by Crippen LogP contribution is -2.59. The van der Waals surface area contributed by atoms with Crippen molar-refractivity contribution in [1.82, 2.24) is 4.90 Å². The van der Waals surface area contributed by atoms with Gasteiger partial charge in [0.1, 0.15) is 0 Å². The van der Waals surface area contributed by atoms with Gasteiger partial charge < -0.3 is 22.6 Å². The first-order valence-electron chi connectivity index (χ1n) is 5.13. The molecule has 0 bridgehead atoms. The van der Waals surface area contributed by atoms with Gasteiger partial charge in [0.05, 0.1) is 11.2 Å². The Labute approximate surface area is 88.8 Å². The van der Waals surface area contributed by atoms with Crippen molar-refractivity contribution in [3.63, 3.8) is 0 Å². The average molecular weight is 224 g/mol. The molecule has 1 saturated heterocycles. The van der Waals surface area contributed by atoms with Gasteiger partial charge in [0.15, 0.2) is 0 Å². The van der Waals surface area contributed by atoms with E-state index in [2.05, 4.69) is 0 Å². The van der Waals surface area contributed by atoms with Gasteiger partial charge in [0, 0.05) is 13.1 Å². The van der Waals surface area contributed by atoms with E-state index in [-0.39, 0.29) is 0 Å². The predicted molar refractivity (Wildman–Crippen MR) is 54.8 cm³/mol. The number of hydrogen-bond donors (Lipinski definition) is 0. The van der Waals surface area contributed by atoms with Gasteiger partial charge in [-0.25, -0.2) is 0 Å². The van der Waals surface area contributed by atoms with Crippen LogP contribution in [-0.2, 0) is 4.74 Å². The van der Waals surface area contributed by atoms with Crippen molar-refractivity contribution < 1.29 is 17.7 Å². The zero-order valence-electron chi connectivity index (χ0n) is 9.69. The molecule has 0 spiro atoms. The lowest BCUT2D eigenvalue weighted by molar-refractivity contribution is -0.178. The Morgan fingerprint density at radius 1 is 1.07 bits per heavy atom. The fourth-order valence-corrected chi connectivity index (χ4v) is 2.37. The minimum atomic E-state index is -4.75. The third-order valence-corrected chi connectivity index (χ3v) is 2.23. The molecule has 6 heteroatoms. The zero-order valence-corrected chi connectivity index (χ0v) is 9.69. The molecule has 1 fully saturated rings. The van der Waals surface area contributed by atoms with Gasteiger partial charge in [0.2, 0.25) is 0 Å². The molecular weight excluding hydrogens is 206 g/mol. The van der Waals surface area contributed by atoms with Crippen LogP contribution in [0.5, 0.6) is 0 Å². The molecule has 1 aliphatic rings. The molecule has 0 aromatic rings. The number of hydrogen-bond acceptors (Lipinski definition) is 2. The third-order valence-electron chi connectivity index (χ3n) is 2.23. The maximum Gasteiger partial charge on any atom is 0.492 e. The number of halogens is 3. The Bertz CT molecular complexity index is 221. The third kappa shape index (κ3) is 4.43. The van der Waals surface area contributed by atoms with Crippen LogP contribution >= 0.6 is 0 Å². The quantitative estimate of drug-likeness (QED) is 0.667. The topological polar surface area (TPSA) is 12.5 Å². The van der Waals surface area contributed by atoms with E-state index in [9.17, 15) is 12.9 Å². The standard InChI is InChI=1S/C9H18BF3NO/c1-8(2)5-14(7-10(11,12)13)6-9(3,4)15-8/h5-7H2,1-4H3/q-1. The van der Waals surface area contributed by atoms with Crippen molar-refractivity contribution in [3.05, 3.63) is 0 Å². The van der Waals surface area contributed by atoms with Crippen LogP contribution in [0.25, 0.3) is 0 Å². The first kappa shape index (κ1) is 12.8. The van der Waals surface area contributed by atoms with Crippen LogP contribution in [0.1, 0.15) is 27.7 Å². The molecule has 90 valence electrons. The summed E-state index contributed by atoms with van der Waals surface area (Å²) in [7, 11) is 0. The summed E-state index contributed by atoms with van der Waals surface area (Å²) in [5, 5.41) is 0. The molecule has 15 heavy (non-hydrogen) atoms. The van der Waals surface area contributed by atoms with Crippen molar-refractivity contribution in [3.8, 4) is 0 Å². The minimum absolute atomic E-state index is 0.331. The van der Waals surface area contributed by atoms with Crippen LogP contribution in [0.15, 0.2) is 0 Å². The normalized spacial score (nSPS) is 26.6. The summed E-state index contributed by atoms with van der Waals surface area (Å²) in [6.45, 7) is 3.21. The van der Waals surface area contributed by atoms with Crippen molar-refractivity contribution in [2.75, 3.05) is 19.5 Å². The smallest absolute Gasteiger partial charge is 0.448 e. The molecule has 0 atom stereocenters. The highest BCUT2D eigenvalue weighted by molar-refractivity contribution is 6.58. The Kier molecular flexibility index (Phi) is 3.14. The lowest BCUT2D eigenvalue weighted by atomic mass is 9.88. The number of morpholine rings is 1. The zero-order chi connectivity index (χ0) is 11.9. The Balaban J connectivity index is 2.68. The van der Waals surface area contributed by atoms with Crippen molar-refractivity contribution in [2.24, 2.45) is 0 Å². The van der Waals surface area contributed by atoms with Crippen LogP contribution < -0.4 is 0 Å². The Morgan fingerprint density at radius 3 is 1.80 bits per heavy atom. The van der Waals surface area contributed by atoms with E-state index in [0.717, 1.165) is 0 Å². The molecule has 0 aliphatic carbocycles. The Hall–Kier alpha value is -0.225. The molecule has 0 unspecified atom stereocenters. The summed E-state index contributed by atoms with van der Waals surface area (Å²) < 4.78 is 42.7. The van der Waals surface area contributed by atoms with E-state index in [1.807, 2.05) is 27.7 Å². The summed E-state index contributed by atoms with van der Waals surface area (Å²) in [6.07, 6.45) is -0.795. The fourth-order valence-electron chi connectivity index (χ4n) is 2.37. The molecule has 0 radical (unpaired) electrons. The second kappa shape index (κ2) is 3.66. The first-order valence-corrected chi connectivity index (χ1v) is 5.13. The first-order chi connectivity index (χ1) is 6.49. The van der Waals surface area contributed by atoms with E-state index in [4.69, 9.17) is 4.74 Å². The fraction of sp³-hybridized carbons (Fsp3) is 1.00. The van der Waals surface area contributed by atoms with Gasteiger partial charge >= 0.3 is 6.98 Å². The van der Waals surface area contributed by atoms with E-state index in [1.54, 1.807) is 0 Å². The van der Waals surface area contributed by atoms with Crippen LogP contribution in [-0.4, -0.2) is 42.6 Å². The van der Waals surface area contributed by atoms with Crippen molar-refractivity contribution in [1.29, 1.82) is 0 Å². The summed E-state index contributed by atoms with van der Waals surface area (Å²) in [4.78, 5) is 1.43. The minimum Gasteiger partial charge on any atom is -0.448 e. The van der Waals surface area contributed by atoms with Crippen LogP contribution in [0.4, 0.5) is 12.9 Å². The molecule has 0 aromatic heterocycles. The summed E-state index contributed by atoms with van der Waals surface area (Å²) in [6, 6.07) is 0. The molecule has 0 aromatic carbocycles. The SMILES string of the molecule is CC1(C)CN(C[B-](F)(F)F)CC(C)(C)O1. The summed E-state index contributed by atoms with van der Waals surface area (Å²) >= 11 is 0. The lowest BCUT2D eigenvalue weighted by Gasteiger charge is -2.48. The van der Waals surface area contributed by atoms with Crippen LogP contribution in [0.2, 0.25) is 0 Å². The number of nitrogens with zero attached hydrogens (tertiary/aromatic N) is 1. The second-order valence-electron chi connectivity index (χ2n) is 5.50. The van der Waals surface area contributed by atoms with E-state index < -0.39 is 24.6 Å². The van der Waals surface area contributed by atoms with E-state index in [0.29, 0.717) is 13.1 Å². The highest BCUT2D eigenvalue weighted by Crippen LogP contribution is 2.29. The van der Waals surface area contributed by atoms with Gasteiger partial charge in [-0.15, -0.1) is 0 Å². The van der Waals surface area contributed by atoms with Gasteiger partial charge in [-0.1, -0.05) is 0 Å². The molecule has 1 rings (SSSR count). The number of rotatable bonds is 2. The van der Waals surface area contributed by atoms with Gasteiger partial charge in [-0.05, 0) is 34.1 Å². The molecule has 0 amide bonds. The summed E-state index contributed by atoms with van der Waals surface area (Å²) in [5.41, 5.74) is -1.02. The molecule has 0 N–H and O–H groups in total. The van der Waals surface area contributed by atoms with Crippen molar-refractivity contribution >= 4 is 6.98 Å². The van der Waals surface area contributed by atoms with E-state index in [1.165, 1.54) is 4.90 Å². The van der Waals surface area contributed by atoms with Crippen molar-refractivity contribution in [2.45, 2.75) is 38.9 Å². The molecule has 1 heterocycles. The highest BCUT2D eigenvalue weighted by atomic mass is 19.4. The second-order valence-corrected chi connectivity index (χ2v) is 5.50. The van der Waals surface area contributed by atoms with Crippen LogP contribution in [0, 0.1) is 0 Å². The largest absolute Gasteiger partial charge is 0.492 e. The summed E-state index contributed by atoms with van der Waals surface area (Å²) in [5.74, 6) is 0. The molecule has 0 saturated carbocycles. The number of ether oxygens (including phenoxy) is 1. The predicted octanol–water partition coefficient (Wildman–Crippen LogP) is 2.26. The van der Waals surface area contributed by atoms with Gasteiger partial charge in [0.25, 0.3) is 0 Å². The van der Waals surface area contributed by atoms with Gasteiger partial charge in [-0.2, -0.15) is 0 Å².